The van der Waals surface area contributed by atoms with E-state index in [2.05, 4.69) is 31.2 Å². The lowest BCUT2D eigenvalue weighted by Crippen LogP contribution is -2.55. The minimum atomic E-state index is -3.41. The molecule has 0 saturated heterocycles. The monoisotopic (exact) mass is 376 g/mol. The molecule has 0 spiro atoms. The average molecular weight is 376 g/mol. The number of esters is 1. The van der Waals surface area contributed by atoms with E-state index in [1.165, 1.54) is 30.4 Å². The number of hydrogen-bond acceptors (Lipinski definition) is 2. The summed E-state index contributed by atoms with van der Waals surface area (Å²) in [6.45, 7) is 2.96. The van der Waals surface area contributed by atoms with E-state index in [1.54, 1.807) is 0 Å². The lowest BCUT2D eigenvalue weighted by Gasteiger charge is -2.62. The first-order chi connectivity index (χ1) is 12.7. The molecule has 5 rings (SSSR count). The van der Waals surface area contributed by atoms with Gasteiger partial charge in [0.05, 0.1) is 6.61 Å². The molecule has 2 nitrogen and oxygen atoms in total. The molecule has 4 bridgehead atoms. The zero-order valence-electron chi connectivity index (χ0n) is 16.4. The molecule has 2 unspecified atom stereocenters. The number of ether oxygens (including phenoxy) is 1. The molecule has 4 saturated carbocycles. The van der Waals surface area contributed by atoms with Gasteiger partial charge in [0.15, 0.2) is 0 Å². The molecule has 0 aliphatic heterocycles. The Morgan fingerprint density at radius 1 is 1.15 bits per heavy atom. The zero-order valence-corrected chi connectivity index (χ0v) is 16.4. The van der Waals surface area contributed by atoms with E-state index >= 15 is 0 Å². The molecular formula is C23H30F2O2. The van der Waals surface area contributed by atoms with Crippen molar-refractivity contribution in [2.75, 3.05) is 6.61 Å². The predicted molar refractivity (Wildman–Crippen MR) is 101 cm³/mol. The molecule has 4 aliphatic carbocycles. The molecule has 0 N–H and O–H groups in total. The van der Waals surface area contributed by atoms with Gasteiger partial charge >= 0.3 is 11.9 Å². The van der Waals surface area contributed by atoms with Gasteiger partial charge in [-0.1, -0.05) is 37.6 Å². The first-order valence-electron chi connectivity index (χ1n) is 10.4. The Morgan fingerprint density at radius 3 is 2.33 bits per heavy atom. The standard InChI is InChI=1S/C23H30F2O2/c1-3-4-16-5-7-19(8-6-16)23-12-17-9-18(13-23)11-22(10-17,14-23)15-27-20(26)21(2,24)25/h5-8,17-18H,3-4,9-15H2,1-2H3. The van der Waals surface area contributed by atoms with Crippen molar-refractivity contribution in [1.29, 1.82) is 0 Å². The van der Waals surface area contributed by atoms with Gasteiger partial charge in [-0.15, -0.1) is 0 Å². The van der Waals surface area contributed by atoms with E-state index in [9.17, 15) is 13.6 Å². The van der Waals surface area contributed by atoms with E-state index < -0.39 is 11.9 Å². The van der Waals surface area contributed by atoms with Crippen molar-refractivity contribution < 1.29 is 18.3 Å². The number of aryl methyl sites for hydroxylation is 1. The summed E-state index contributed by atoms with van der Waals surface area (Å²) in [7, 11) is 0. The highest BCUT2D eigenvalue weighted by molar-refractivity contribution is 5.76. The van der Waals surface area contributed by atoms with Crippen molar-refractivity contribution in [2.24, 2.45) is 17.3 Å². The average Bonchev–Trinajstić information content (AvgIpc) is 2.58. The fourth-order valence-corrected chi connectivity index (χ4v) is 6.62. The number of carbonyl (C=O) groups excluding carboxylic acids is 1. The molecule has 1 aromatic rings. The molecule has 0 aromatic heterocycles. The second kappa shape index (κ2) is 6.56. The van der Waals surface area contributed by atoms with Gasteiger partial charge in [0, 0.05) is 12.3 Å². The van der Waals surface area contributed by atoms with Crippen LogP contribution in [0.3, 0.4) is 0 Å². The Kier molecular flexibility index (Phi) is 4.59. The molecule has 148 valence electrons. The maximum Gasteiger partial charge on any atom is 0.376 e. The molecule has 1 aromatic carbocycles. The van der Waals surface area contributed by atoms with Gasteiger partial charge in [0.2, 0.25) is 0 Å². The fourth-order valence-electron chi connectivity index (χ4n) is 6.62. The first-order valence-corrected chi connectivity index (χ1v) is 10.4. The van der Waals surface area contributed by atoms with Crippen LogP contribution in [-0.4, -0.2) is 18.5 Å². The van der Waals surface area contributed by atoms with E-state index in [0.29, 0.717) is 18.8 Å². The van der Waals surface area contributed by atoms with Gasteiger partial charge in [-0.2, -0.15) is 8.78 Å². The first kappa shape index (κ1) is 18.9. The third-order valence-corrected chi connectivity index (χ3v) is 7.16. The number of rotatable bonds is 6. The van der Waals surface area contributed by atoms with Crippen LogP contribution in [0.15, 0.2) is 24.3 Å². The SMILES string of the molecule is CCCc1ccc(C23CC4CC(CC(COC(=O)C(C)(F)F)(C4)C2)C3)cc1. The van der Waals surface area contributed by atoms with Gasteiger partial charge in [0.1, 0.15) is 0 Å². The van der Waals surface area contributed by atoms with Crippen LogP contribution in [0.1, 0.15) is 69.9 Å². The summed E-state index contributed by atoms with van der Waals surface area (Å²) in [5.74, 6) is -3.53. The Bertz CT molecular complexity index is 690. The smallest absolute Gasteiger partial charge is 0.376 e. The minimum Gasteiger partial charge on any atom is -0.461 e. The summed E-state index contributed by atoms with van der Waals surface area (Å²) in [5, 5.41) is 0. The van der Waals surface area contributed by atoms with E-state index in [1.807, 2.05) is 0 Å². The van der Waals surface area contributed by atoms with Crippen molar-refractivity contribution in [1.82, 2.24) is 0 Å². The maximum atomic E-state index is 13.2. The quantitative estimate of drug-likeness (QED) is 0.598. The summed E-state index contributed by atoms with van der Waals surface area (Å²) in [6, 6.07) is 9.08. The minimum absolute atomic E-state index is 0.118. The van der Waals surface area contributed by atoms with Crippen molar-refractivity contribution in [2.45, 2.75) is 76.6 Å². The molecule has 4 fully saturated rings. The topological polar surface area (TPSA) is 26.3 Å². The van der Waals surface area contributed by atoms with Crippen molar-refractivity contribution in [3.63, 3.8) is 0 Å². The van der Waals surface area contributed by atoms with Gasteiger partial charge in [-0.3, -0.25) is 0 Å². The van der Waals surface area contributed by atoms with Crippen LogP contribution < -0.4 is 0 Å². The highest BCUT2D eigenvalue weighted by atomic mass is 19.3. The van der Waals surface area contributed by atoms with E-state index in [4.69, 9.17) is 4.74 Å². The lowest BCUT2D eigenvalue weighted by atomic mass is 9.43. The molecule has 0 amide bonds. The summed E-state index contributed by atoms with van der Waals surface area (Å²) >= 11 is 0. The number of alkyl halides is 2. The van der Waals surface area contributed by atoms with E-state index in [0.717, 1.165) is 32.1 Å². The summed E-state index contributed by atoms with van der Waals surface area (Å²) in [4.78, 5) is 11.6. The number of halogens is 2. The summed E-state index contributed by atoms with van der Waals surface area (Å²) < 4.78 is 31.6. The Balaban J connectivity index is 1.56. The van der Waals surface area contributed by atoms with Crippen LogP contribution in [0, 0.1) is 17.3 Å². The van der Waals surface area contributed by atoms with Crippen LogP contribution in [0.2, 0.25) is 0 Å². The predicted octanol–water partition coefficient (Wildman–Crippen LogP) is 5.68. The number of carbonyl (C=O) groups is 1. The normalized spacial score (nSPS) is 34.7. The Hall–Kier alpha value is -1.45. The van der Waals surface area contributed by atoms with Gasteiger partial charge in [-0.25, -0.2) is 4.79 Å². The number of hydrogen-bond donors (Lipinski definition) is 0. The molecule has 4 heteroatoms. The van der Waals surface area contributed by atoms with Crippen LogP contribution in [0.4, 0.5) is 8.78 Å². The Morgan fingerprint density at radius 2 is 1.78 bits per heavy atom. The van der Waals surface area contributed by atoms with Crippen molar-refractivity contribution in [3.05, 3.63) is 35.4 Å². The zero-order chi connectivity index (χ0) is 19.3. The molecule has 27 heavy (non-hydrogen) atoms. The third kappa shape index (κ3) is 3.52. The second-order valence-electron chi connectivity index (χ2n) is 9.65. The van der Waals surface area contributed by atoms with Gasteiger partial charge in [-0.05, 0) is 73.3 Å². The Labute approximate surface area is 160 Å². The largest absolute Gasteiger partial charge is 0.461 e. The van der Waals surface area contributed by atoms with E-state index in [-0.39, 0.29) is 17.4 Å². The highest BCUT2D eigenvalue weighted by Gasteiger charge is 2.58. The van der Waals surface area contributed by atoms with Crippen LogP contribution in [0.25, 0.3) is 0 Å². The van der Waals surface area contributed by atoms with Gasteiger partial charge < -0.3 is 4.74 Å². The second-order valence-corrected chi connectivity index (χ2v) is 9.65. The highest BCUT2D eigenvalue weighted by Crippen LogP contribution is 2.65. The maximum absolute atomic E-state index is 13.2. The summed E-state index contributed by atoms with van der Waals surface area (Å²) in [5.41, 5.74) is 2.79. The van der Waals surface area contributed by atoms with Crippen LogP contribution in [0.5, 0.6) is 0 Å². The molecule has 2 atom stereocenters. The fraction of sp³-hybridized carbons (Fsp3) is 0.696. The van der Waals surface area contributed by atoms with Crippen molar-refractivity contribution in [3.8, 4) is 0 Å². The summed E-state index contributed by atoms with van der Waals surface area (Å²) in [6.07, 6.45) is 8.86. The molecule has 0 heterocycles. The van der Waals surface area contributed by atoms with Crippen LogP contribution in [-0.2, 0) is 21.4 Å². The third-order valence-electron chi connectivity index (χ3n) is 7.16. The van der Waals surface area contributed by atoms with Crippen molar-refractivity contribution >= 4 is 5.97 Å². The number of benzene rings is 1. The lowest BCUT2D eigenvalue weighted by molar-refractivity contribution is -0.180. The molecule has 0 radical (unpaired) electrons. The molecule has 4 aliphatic rings. The van der Waals surface area contributed by atoms with Gasteiger partial charge in [0.25, 0.3) is 0 Å². The molecular weight excluding hydrogens is 346 g/mol. The van der Waals surface area contributed by atoms with Crippen LogP contribution >= 0.6 is 0 Å².